The molecule has 84 valence electrons. The number of hydrogen-bond acceptors (Lipinski definition) is 4. The monoisotopic (exact) mass is 222 g/mol. The van der Waals surface area contributed by atoms with E-state index in [1.807, 2.05) is 0 Å². The first-order valence-corrected chi connectivity index (χ1v) is 6.49. The molecule has 0 aromatic rings. The SMILES string of the molecule is CCS(=O)(=O)CCNCCCC(N)=O. The number of nitrogens with one attached hydrogen (secondary N) is 1. The smallest absolute Gasteiger partial charge is 0.217 e. The summed E-state index contributed by atoms with van der Waals surface area (Å²) in [6.45, 7) is 2.69. The predicted octanol–water partition coefficient (Wildman–Crippen LogP) is -0.724. The molecule has 0 aliphatic rings. The maximum Gasteiger partial charge on any atom is 0.217 e. The van der Waals surface area contributed by atoms with Crippen LogP contribution in [0.2, 0.25) is 0 Å². The normalized spacial score (nSPS) is 11.5. The number of carbonyl (C=O) groups excluding carboxylic acids is 1. The predicted molar refractivity (Wildman–Crippen MR) is 55.6 cm³/mol. The van der Waals surface area contributed by atoms with E-state index >= 15 is 0 Å². The molecule has 0 atom stereocenters. The van der Waals surface area contributed by atoms with Crippen molar-refractivity contribution in [1.29, 1.82) is 0 Å². The van der Waals surface area contributed by atoms with Gasteiger partial charge in [0.1, 0.15) is 0 Å². The Morgan fingerprint density at radius 3 is 2.50 bits per heavy atom. The number of carbonyl (C=O) groups is 1. The molecule has 0 aromatic heterocycles. The van der Waals surface area contributed by atoms with Crippen LogP contribution in [0.15, 0.2) is 0 Å². The van der Waals surface area contributed by atoms with Gasteiger partial charge in [0.25, 0.3) is 0 Å². The van der Waals surface area contributed by atoms with E-state index in [1.54, 1.807) is 6.92 Å². The topological polar surface area (TPSA) is 89.3 Å². The minimum Gasteiger partial charge on any atom is -0.370 e. The number of rotatable bonds is 8. The average molecular weight is 222 g/mol. The lowest BCUT2D eigenvalue weighted by molar-refractivity contribution is -0.118. The Morgan fingerprint density at radius 2 is 2.00 bits per heavy atom. The van der Waals surface area contributed by atoms with Gasteiger partial charge in [0.15, 0.2) is 9.84 Å². The number of nitrogens with two attached hydrogens (primary N) is 1. The summed E-state index contributed by atoms with van der Waals surface area (Å²) >= 11 is 0. The van der Waals surface area contributed by atoms with Gasteiger partial charge in [-0.3, -0.25) is 4.79 Å². The fraction of sp³-hybridized carbons (Fsp3) is 0.875. The Balaban J connectivity index is 3.35. The molecular weight excluding hydrogens is 204 g/mol. The molecular formula is C8H18N2O3S. The lowest BCUT2D eigenvalue weighted by Gasteiger charge is -2.03. The molecule has 6 heteroatoms. The van der Waals surface area contributed by atoms with E-state index in [0.29, 0.717) is 25.9 Å². The van der Waals surface area contributed by atoms with Gasteiger partial charge in [-0.25, -0.2) is 8.42 Å². The van der Waals surface area contributed by atoms with Gasteiger partial charge in [0, 0.05) is 18.7 Å². The van der Waals surface area contributed by atoms with Crippen molar-refractivity contribution in [3.8, 4) is 0 Å². The summed E-state index contributed by atoms with van der Waals surface area (Å²) in [6, 6.07) is 0. The van der Waals surface area contributed by atoms with Crippen LogP contribution in [0.4, 0.5) is 0 Å². The molecule has 0 fully saturated rings. The van der Waals surface area contributed by atoms with Crippen molar-refractivity contribution in [1.82, 2.24) is 5.32 Å². The molecule has 1 amide bonds. The van der Waals surface area contributed by atoms with Gasteiger partial charge in [0.05, 0.1) is 5.75 Å². The van der Waals surface area contributed by atoms with Gasteiger partial charge < -0.3 is 11.1 Å². The van der Waals surface area contributed by atoms with Crippen LogP contribution in [0.1, 0.15) is 19.8 Å². The quantitative estimate of drug-likeness (QED) is 0.530. The Hall–Kier alpha value is -0.620. The van der Waals surface area contributed by atoms with Crippen LogP contribution in [0.25, 0.3) is 0 Å². The zero-order valence-electron chi connectivity index (χ0n) is 8.45. The van der Waals surface area contributed by atoms with Crippen molar-refractivity contribution in [2.45, 2.75) is 19.8 Å². The van der Waals surface area contributed by atoms with Crippen LogP contribution in [0.5, 0.6) is 0 Å². The summed E-state index contributed by atoms with van der Waals surface area (Å²) in [7, 11) is -2.88. The van der Waals surface area contributed by atoms with Gasteiger partial charge in [0.2, 0.25) is 5.91 Å². The van der Waals surface area contributed by atoms with Crippen molar-refractivity contribution >= 4 is 15.7 Å². The summed E-state index contributed by atoms with van der Waals surface area (Å²) in [5, 5.41) is 2.94. The van der Waals surface area contributed by atoms with E-state index in [1.165, 1.54) is 0 Å². The third-order valence-electron chi connectivity index (χ3n) is 1.81. The standard InChI is InChI=1S/C8H18N2O3S/c1-2-14(12,13)7-6-10-5-3-4-8(9)11/h10H,2-7H2,1H3,(H2,9,11). The minimum atomic E-state index is -2.88. The Labute approximate surface area is 85.0 Å². The highest BCUT2D eigenvalue weighted by molar-refractivity contribution is 7.91. The van der Waals surface area contributed by atoms with Crippen LogP contribution in [-0.2, 0) is 14.6 Å². The number of sulfone groups is 1. The highest BCUT2D eigenvalue weighted by Crippen LogP contribution is 1.88. The van der Waals surface area contributed by atoms with E-state index in [-0.39, 0.29) is 17.4 Å². The number of primary amides is 1. The first kappa shape index (κ1) is 13.4. The molecule has 3 N–H and O–H groups in total. The van der Waals surface area contributed by atoms with E-state index in [0.717, 1.165) is 0 Å². The minimum absolute atomic E-state index is 0.153. The average Bonchev–Trinajstić information content (AvgIpc) is 2.10. The van der Waals surface area contributed by atoms with Crippen molar-refractivity contribution in [2.75, 3.05) is 24.6 Å². The van der Waals surface area contributed by atoms with Crippen molar-refractivity contribution in [3.63, 3.8) is 0 Å². The molecule has 0 radical (unpaired) electrons. The zero-order valence-corrected chi connectivity index (χ0v) is 9.27. The van der Waals surface area contributed by atoms with Gasteiger partial charge in [-0.2, -0.15) is 0 Å². The number of hydrogen-bond donors (Lipinski definition) is 2. The Morgan fingerprint density at radius 1 is 1.36 bits per heavy atom. The third-order valence-corrected chi connectivity index (χ3v) is 3.51. The summed E-state index contributed by atoms with van der Waals surface area (Å²) in [5.74, 6) is 0.00346. The van der Waals surface area contributed by atoms with E-state index in [2.05, 4.69) is 5.32 Å². The van der Waals surface area contributed by atoms with Crippen molar-refractivity contribution in [3.05, 3.63) is 0 Å². The largest absolute Gasteiger partial charge is 0.370 e. The van der Waals surface area contributed by atoms with Gasteiger partial charge in [-0.15, -0.1) is 0 Å². The lowest BCUT2D eigenvalue weighted by atomic mass is 10.3. The van der Waals surface area contributed by atoms with Crippen molar-refractivity contribution in [2.24, 2.45) is 5.73 Å². The Kier molecular flexibility index (Phi) is 6.48. The van der Waals surface area contributed by atoms with Crippen LogP contribution in [0.3, 0.4) is 0 Å². The molecule has 0 saturated heterocycles. The lowest BCUT2D eigenvalue weighted by Crippen LogP contribution is -2.25. The van der Waals surface area contributed by atoms with E-state index in [9.17, 15) is 13.2 Å². The van der Waals surface area contributed by atoms with Gasteiger partial charge in [-0.1, -0.05) is 6.92 Å². The fourth-order valence-electron chi connectivity index (χ4n) is 0.885. The second-order valence-electron chi connectivity index (χ2n) is 3.06. The molecule has 0 aliphatic heterocycles. The first-order valence-electron chi connectivity index (χ1n) is 4.67. The van der Waals surface area contributed by atoms with Crippen LogP contribution < -0.4 is 11.1 Å². The van der Waals surface area contributed by atoms with Gasteiger partial charge >= 0.3 is 0 Å². The summed E-state index contributed by atoms with van der Waals surface area (Å²) in [4.78, 5) is 10.3. The highest BCUT2D eigenvalue weighted by atomic mass is 32.2. The third kappa shape index (κ3) is 8.00. The summed E-state index contributed by atoms with van der Waals surface area (Å²) < 4.78 is 22.1. The molecule has 14 heavy (non-hydrogen) atoms. The van der Waals surface area contributed by atoms with Crippen molar-refractivity contribution < 1.29 is 13.2 Å². The summed E-state index contributed by atoms with van der Waals surface area (Å²) in [5.41, 5.74) is 4.94. The van der Waals surface area contributed by atoms with E-state index < -0.39 is 9.84 Å². The number of amides is 1. The molecule has 0 bridgehead atoms. The maximum absolute atomic E-state index is 11.0. The molecule has 0 rings (SSSR count). The highest BCUT2D eigenvalue weighted by Gasteiger charge is 2.05. The fourth-order valence-corrected chi connectivity index (χ4v) is 1.63. The second kappa shape index (κ2) is 6.78. The molecule has 5 nitrogen and oxygen atoms in total. The van der Waals surface area contributed by atoms with Crippen LogP contribution >= 0.6 is 0 Å². The first-order chi connectivity index (χ1) is 6.48. The second-order valence-corrected chi connectivity index (χ2v) is 5.53. The molecule has 0 saturated carbocycles. The molecule has 0 aliphatic carbocycles. The molecule has 0 spiro atoms. The Bertz CT molecular complexity index is 262. The van der Waals surface area contributed by atoms with E-state index in [4.69, 9.17) is 5.73 Å². The zero-order chi connectivity index (χ0) is 11.0. The molecule has 0 unspecified atom stereocenters. The van der Waals surface area contributed by atoms with Gasteiger partial charge in [-0.05, 0) is 13.0 Å². The van der Waals surface area contributed by atoms with Crippen LogP contribution in [0, 0.1) is 0 Å². The summed E-state index contributed by atoms with van der Waals surface area (Å²) in [6.07, 6.45) is 0.995. The maximum atomic E-state index is 11.0. The van der Waals surface area contributed by atoms with Crippen LogP contribution in [-0.4, -0.2) is 38.9 Å². The molecule has 0 aromatic carbocycles. The molecule has 0 heterocycles.